The van der Waals surface area contributed by atoms with Crippen molar-refractivity contribution < 1.29 is 38.2 Å². The predicted molar refractivity (Wildman–Crippen MR) is 235 cm³/mol. The van der Waals surface area contributed by atoms with Gasteiger partial charge in [0, 0.05) is 38.4 Å². The van der Waals surface area contributed by atoms with Crippen LogP contribution >= 0.6 is 11.3 Å². The van der Waals surface area contributed by atoms with Gasteiger partial charge >= 0.3 is 6.09 Å². The van der Waals surface area contributed by atoms with E-state index in [-0.39, 0.29) is 62.3 Å². The lowest BCUT2D eigenvalue weighted by Crippen LogP contribution is -2.57. The summed E-state index contributed by atoms with van der Waals surface area (Å²) in [6.07, 6.45) is 1.12. The van der Waals surface area contributed by atoms with E-state index in [1.807, 2.05) is 64.4 Å². The van der Waals surface area contributed by atoms with Crippen molar-refractivity contribution in [3.05, 3.63) is 70.6 Å². The topological polar surface area (TPSA) is 205 Å². The molecule has 2 heterocycles. The van der Waals surface area contributed by atoms with E-state index >= 15 is 4.39 Å². The summed E-state index contributed by atoms with van der Waals surface area (Å²) in [6.45, 7) is 14.7. The molecule has 0 spiro atoms. The summed E-state index contributed by atoms with van der Waals surface area (Å²) in [5.41, 5.74) is 9.33. The number of aliphatic hydroxyl groups excluding tert-OH is 1. The number of rotatable bonds is 19. The number of nitrogens with one attached hydrogen (secondary N) is 4. The molecule has 14 nitrogen and oxygen atoms in total. The van der Waals surface area contributed by atoms with Crippen molar-refractivity contribution >= 4 is 46.7 Å². The number of nitrogens with zero attached hydrogens (tertiary/aromatic N) is 2. The van der Waals surface area contributed by atoms with E-state index in [0.29, 0.717) is 31.2 Å². The summed E-state index contributed by atoms with van der Waals surface area (Å²) in [5, 5.41) is 22.3. The van der Waals surface area contributed by atoms with E-state index in [2.05, 4.69) is 26.3 Å². The zero-order valence-electron chi connectivity index (χ0n) is 36.7. The Morgan fingerprint density at radius 2 is 1.69 bits per heavy atom. The third-order valence-electron chi connectivity index (χ3n) is 10.5. The molecule has 0 saturated carbocycles. The molecule has 7 N–H and O–H groups in total. The lowest BCUT2D eigenvalue weighted by Gasteiger charge is -2.35. The molecular formula is C45H64FN7O7S. The average molecular weight is 866 g/mol. The van der Waals surface area contributed by atoms with Crippen LogP contribution in [0.5, 0.6) is 0 Å². The van der Waals surface area contributed by atoms with Crippen LogP contribution < -0.4 is 27.0 Å². The minimum Gasteiger partial charge on any atom is -0.444 e. The van der Waals surface area contributed by atoms with Gasteiger partial charge in [0.25, 0.3) is 0 Å². The van der Waals surface area contributed by atoms with Gasteiger partial charge in [-0.05, 0) is 88.5 Å². The van der Waals surface area contributed by atoms with Gasteiger partial charge in [-0.1, -0.05) is 63.6 Å². The number of β-amino-alcohol motifs (C(OH)–C–C–N with tert-alkyl or cyclic N) is 1. The third kappa shape index (κ3) is 14.8. The van der Waals surface area contributed by atoms with Gasteiger partial charge in [-0.25, -0.2) is 14.2 Å². The maximum atomic E-state index is 15.5. The van der Waals surface area contributed by atoms with Crippen molar-refractivity contribution in [1.29, 1.82) is 0 Å². The minimum atomic E-state index is -0.945. The lowest BCUT2D eigenvalue weighted by atomic mass is 9.85. The number of amides is 5. The smallest absolute Gasteiger partial charge is 0.407 e. The zero-order chi connectivity index (χ0) is 45.1. The number of likely N-dealkylation sites (tertiary alicyclic amines) is 1. The fraction of sp³-hybridized carbons (Fsp3) is 0.556. The predicted octanol–water partition coefficient (Wildman–Crippen LogP) is 6.30. The van der Waals surface area contributed by atoms with Gasteiger partial charge in [-0.3, -0.25) is 19.2 Å². The van der Waals surface area contributed by atoms with Crippen LogP contribution in [0.1, 0.15) is 116 Å². The molecule has 5 amide bonds. The molecule has 2 aromatic carbocycles. The largest absolute Gasteiger partial charge is 0.444 e. The number of aliphatic hydroxyl groups is 1. The van der Waals surface area contributed by atoms with Gasteiger partial charge in [-0.15, -0.1) is 11.3 Å². The Bertz CT molecular complexity index is 1980. The third-order valence-corrected chi connectivity index (χ3v) is 11.5. The van der Waals surface area contributed by atoms with Gasteiger partial charge in [0.05, 0.1) is 33.9 Å². The number of aryl methyl sites for hydroxylation is 2. The first-order valence-electron chi connectivity index (χ1n) is 21.0. The summed E-state index contributed by atoms with van der Waals surface area (Å²) in [6, 6.07) is 10.2. The van der Waals surface area contributed by atoms with Crippen molar-refractivity contribution in [2.75, 3.05) is 18.4 Å². The number of alkyl carbamates (subject to hydrolysis) is 1. The molecule has 61 heavy (non-hydrogen) atoms. The maximum absolute atomic E-state index is 15.5. The summed E-state index contributed by atoms with van der Waals surface area (Å²) in [5.74, 6) is -2.08. The Morgan fingerprint density at radius 1 is 0.984 bits per heavy atom. The minimum absolute atomic E-state index is 0.0250. The Balaban J connectivity index is 1.27. The highest BCUT2D eigenvalue weighted by Crippen LogP contribution is 2.30. The van der Waals surface area contributed by atoms with E-state index < -0.39 is 59.0 Å². The molecule has 0 aliphatic carbocycles. The molecule has 3 aromatic rings. The van der Waals surface area contributed by atoms with Gasteiger partial charge < -0.3 is 41.7 Å². The van der Waals surface area contributed by atoms with Crippen molar-refractivity contribution in [2.45, 2.75) is 143 Å². The van der Waals surface area contributed by atoms with E-state index in [4.69, 9.17) is 10.5 Å². The maximum Gasteiger partial charge on any atom is 0.407 e. The summed E-state index contributed by atoms with van der Waals surface area (Å²) < 4.78 is 20.9. The monoisotopic (exact) mass is 865 g/mol. The van der Waals surface area contributed by atoms with Crippen LogP contribution in [0.4, 0.5) is 14.9 Å². The van der Waals surface area contributed by atoms with Crippen LogP contribution in [0.25, 0.3) is 10.4 Å². The molecule has 0 radical (unpaired) electrons. The highest BCUT2D eigenvalue weighted by Gasteiger charge is 2.44. The number of carbonyl (C=O) groups excluding carboxylic acids is 5. The van der Waals surface area contributed by atoms with Crippen molar-refractivity contribution in [2.24, 2.45) is 11.1 Å². The average Bonchev–Trinajstić information content (AvgIpc) is 3.79. The first-order valence-corrected chi connectivity index (χ1v) is 21.9. The van der Waals surface area contributed by atoms with Gasteiger partial charge in [0.1, 0.15) is 23.5 Å². The van der Waals surface area contributed by atoms with Crippen LogP contribution in [0, 0.1) is 18.2 Å². The molecule has 16 heteroatoms. The number of primary amides is 1. The number of thiazole rings is 1. The van der Waals surface area contributed by atoms with Crippen molar-refractivity contribution in [1.82, 2.24) is 25.8 Å². The van der Waals surface area contributed by atoms with E-state index in [9.17, 15) is 29.1 Å². The van der Waals surface area contributed by atoms with Gasteiger partial charge in [0.15, 0.2) is 0 Å². The van der Waals surface area contributed by atoms with Crippen molar-refractivity contribution in [3.63, 3.8) is 0 Å². The fourth-order valence-corrected chi connectivity index (χ4v) is 8.00. The Morgan fingerprint density at radius 3 is 2.31 bits per heavy atom. The van der Waals surface area contributed by atoms with Crippen LogP contribution in [0.2, 0.25) is 0 Å². The number of unbranched alkanes of at least 4 members (excludes halogenated alkanes) is 2. The lowest BCUT2D eigenvalue weighted by molar-refractivity contribution is -0.144. The second-order valence-electron chi connectivity index (χ2n) is 18.0. The highest BCUT2D eigenvalue weighted by molar-refractivity contribution is 7.13. The summed E-state index contributed by atoms with van der Waals surface area (Å²) in [7, 11) is 0. The molecule has 1 aromatic heterocycles. The molecule has 334 valence electrons. The summed E-state index contributed by atoms with van der Waals surface area (Å²) >= 11 is 1.57. The van der Waals surface area contributed by atoms with E-state index in [1.54, 1.807) is 50.3 Å². The van der Waals surface area contributed by atoms with Crippen LogP contribution in [0.3, 0.4) is 0 Å². The number of benzene rings is 2. The number of anilines is 1. The van der Waals surface area contributed by atoms with Gasteiger partial charge in [0.2, 0.25) is 23.6 Å². The molecule has 4 rings (SSSR count). The second kappa shape index (κ2) is 21.6. The molecule has 1 aliphatic rings. The normalized spacial score (nSPS) is 16.9. The number of carbonyl (C=O) groups is 5. The zero-order valence-corrected chi connectivity index (χ0v) is 37.5. The van der Waals surface area contributed by atoms with Crippen molar-refractivity contribution in [3.8, 4) is 10.4 Å². The second-order valence-corrected chi connectivity index (χ2v) is 18.8. The number of hydrogen-bond acceptors (Lipinski definition) is 10. The van der Waals surface area contributed by atoms with Crippen LogP contribution in [-0.4, -0.2) is 87.6 Å². The molecule has 1 fully saturated rings. The molecule has 3 unspecified atom stereocenters. The SMILES string of the molecule is Cc1ncsc1-c1ccc(C(C)NC(=O)[C@@H]2C[C@@H](O)CN2C(=O)C(NC(=O)CCCCCc2cccc(NCC(CCC(N)=O)NC(=O)OC(C)(C)C)c2F)C(C)(C)C)cc1. The number of hydrogen-bond donors (Lipinski definition) is 6. The van der Waals surface area contributed by atoms with Crippen LogP contribution in [0.15, 0.2) is 48.0 Å². The number of ether oxygens (including phenoxy) is 1. The Kier molecular flexibility index (Phi) is 17.2. The highest BCUT2D eigenvalue weighted by atomic mass is 32.1. The Labute approximate surface area is 363 Å². The molecular weight excluding hydrogens is 802 g/mol. The number of halogens is 1. The Hall–Kier alpha value is -5.09. The molecule has 1 saturated heterocycles. The standard InChI is InChI=1S/C45H64FN7O7S/c1-27(29-17-19-31(20-18-29)39-28(2)49-26-61-39)50-41(57)35-23-33(54)25-53(35)42(58)40(44(3,4)5)52-37(56)16-11-9-10-13-30-14-12-15-34(38(30)46)48-24-32(21-22-36(47)55)51-43(59)60-45(6,7)8/h12,14-15,17-20,26-27,32-33,35,40,48,54H,9-11,13,16,21-25H2,1-8H3,(H2,47,55)(H,50,57)(H,51,59)(H,52,56)/t27?,32?,33-,35+,40?/m1/s1. The number of nitrogens with two attached hydrogens (primary N) is 1. The quantitative estimate of drug-likeness (QED) is 0.0748. The molecule has 0 bridgehead atoms. The molecule has 5 atom stereocenters. The van der Waals surface area contributed by atoms with E-state index in [0.717, 1.165) is 21.7 Å². The van der Waals surface area contributed by atoms with Crippen LogP contribution in [-0.2, 0) is 30.3 Å². The first-order chi connectivity index (χ1) is 28.6. The first kappa shape index (κ1) is 48.6. The molecule has 1 aliphatic heterocycles. The van der Waals surface area contributed by atoms with Gasteiger partial charge in [-0.2, -0.15) is 0 Å². The summed E-state index contributed by atoms with van der Waals surface area (Å²) in [4.78, 5) is 71.6. The number of aromatic nitrogens is 1. The van der Waals surface area contributed by atoms with E-state index in [1.165, 1.54) is 4.90 Å². The fourth-order valence-electron chi connectivity index (χ4n) is 7.18.